The Balaban J connectivity index is 0.833. The summed E-state index contributed by atoms with van der Waals surface area (Å²) in [5, 5.41) is 23.8. The lowest BCUT2D eigenvalue weighted by Crippen LogP contribution is -2.52. The van der Waals surface area contributed by atoms with Crippen LogP contribution >= 0.6 is 11.3 Å². The largest absolute Gasteiger partial charge is 0.490 e. The predicted molar refractivity (Wildman–Crippen MR) is 250 cm³/mol. The number of nitrogens with zero attached hydrogens (tertiary/aromatic N) is 3. The molecule has 71 heavy (non-hydrogen) atoms. The number of carbonyl (C=O) groups excluding carboxylic acids is 6. The van der Waals surface area contributed by atoms with Crippen LogP contribution < -0.4 is 36.9 Å². The molecule has 6 heterocycles. The molecule has 3 aromatic heterocycles. The number of anilines is 1. The minimum absolute atomic E-state index is 0.0108. The molecule has 6 aromatic rings. The van der Waals surface area contributed by atoms with E-state index in [0.717, 1.165) is 29.7 Å². The van der Waals surface area contributed by atoms with Gasteiger partial charge in [-0.25, -0.2) is 32.0 Å². The molecule has 0 fully saturated rings. The molecule has 0 bridgehead atoms. The van der Waals surface area contributed by atoms with Crippen molar-refractivity contribution in [1.29, 1.82) is 0 Å². The molecule has 3 aromatic carbocycles. The molecule has 20 nitrogen and oxygen atoms in total. The van der Waals surface area contributed by atoms with Crippen molar-refractivity contribution >= 4 is 83.5 Å². The van der Waals surface area contributed by atoms with Gasteiger partial charge in [-0.05, 0) is 35.2 Å². The lowest BCUT2D eigenvalue weighted by atomic mass is 9.86. The van der Waals surface area contributed by atoms with E-state index in [-0.39, 0.29) is 76.1 Å². The summed E-state index contributed by atoms with van der Waals surface area (Å²) in [6.07, 6.45) is 0.741. The number of sulfone groups is 1. The van der Waals surface area contributed by atoms with E-state index in [2.05, 4.69) is 31.6 Å². The van der Waals surface area contributed by atoms with Gasteiger partial charge >= 0.3 is 5.97 Å². The molecule has 0 radical (unpaired) electrons. The van der Waals surface area contributed by atoms with Gasteiger partial charge in [-0.2, -0.15) is 0 Å². The van der Waals surface area contributed by atoms with Crippen LogP contribution in [0, 0.1) is 11.6 Å². The molecule has 9 rings (SSSR count). The maximum Gasteiger partial charge on any atom is 0.343 e. The van der Waals surface area contributed by atoms with Crippen molar-refractivity contribution in [3.8, 4) is 17.1 Å². The number of halogens is 2. The van der Waals surface area contributed by atoms with Gasteiger partial charge in [0.05, 0.1) is 71.9 Å². The number of hydrogen-bond donors (Lipinski definition) is 6. The summed E-state index contributed by atoms with van der Waals surface area (Å²) in [5.41, 5.74) is 0.347. The number of amides is 5. The zero-order valence-corrected chi connectivity index (χ0v) is 39.3. The Morgan fingerprint density at radius 2 is 1.59 bits per heavy atom. The topological polar surface area (TPSA) is 283 Å². The van der Waals surface area contributed by atoms with Crippen LogP contribution in [0.5, 0.6) is 5.75 Å². The van der Waals surface area contributed by atoms with Crippen LogP contribution in [0.2, 0.25) is 0 Å². The van der Waals surface area contributed by atoms with Crippen LogP contribution in [0.25, 0.3) is 32.5 Å². The second kappa shape index (κ2) is 18.9. The zero-order chi connectivity index (χ0) is 50.5. The van der Waals surface area contributed by atoms with Crippen LogP contribution in [0.1, 0.15) is 46.7 Å². The Bertz CT molecular complexity index is 3460. The maximum absolute atomic E-state index is 16.0. The number of fused-ring (bicyclic) bond motifs is 6. The zero-order valence-electron chi connectivity index (χ0n) is 37.7. The van der Waals surface area contributed by atoms with Gasteiger partial charge in [0.2, 0.25) is 43.7 Å². The normalized spacial score (nSPS) is 15.9. The summed E-state index contributed by atoms with van der Waals surface area (Å²) >= 11 is 0.820. The molecular weight excluding hydrogens is 971 g/mol. The lowest BCUT2D eigenvalue weighted by Gasteiger charge is -2.31. The fourth-order valence-corrected chi connectivity index (χ4v) is 10.6. The Labute approximate surface area is 405 Å². The predicted octanol–water partition coefficient (Wildman–Crippen LogP) is 1.56. The lowest BCUT2D eigenvalue weighted by molar-refractivity contribution is -0.172. The first kappa shape index (κ1) is 48.3. The first-order chi connectivity index (χ1) is 33.8. The number of nitrogens with one attached hydrogen (secondary N) is 5. The van der Waals surface area contributed by atoms with Crippen LogP contribution in [-0.2, 0) is 81.4 Å². The standard InChI is InChI=1S/C47H42F2N8O12S2/c1-3-47(65)27-14-33-40-25(20-57(33)44(63)26(27)21-69-45(47)64)24-9-10-68-42-39(24)31(54-40)16-29(49)41(42)56-38(61)19-52-43(62)32(11-22-7-5-4-6-8-22)53-37(60)18-51-36(59)17-50-35(58)13-23-12-34-30(15-28(23)48)55-46(70-34)71(2,66)67/h4-8,12,14-16,32,65H,3,9-11,13,17-21H2,1-2H3,(H,50,58)(H,51,59)(H,52,62)(H,53,60)(H,56,61)/t32-,47-/m0/s1. The van der Waals surface area contributed by atoms with Crippen molar-refractivity contribution in [3.63, 3.8) is 0 Å². The fraction of sp³-hybridized carbons (Fsp3) is 0.298. The Kier molecular flexibility index (Phi) is 12.9. The van der Waals surface area contributed by atoms with Gasteiger partial charge in [-0.3, -0.25) is 28.8 Å². The average Bonchev–Trinajstić information content (AvgIpc) is 3.94. The number of ether oxygens (including phenoxy) is 2. The number of pyridine rings is 2. The second-order valence-electron chi connectivity index (χ2n) is 17.0. The summed E-state index contributed by atoms with van der Waals surface area (Å²) in [4.78, 5) is 100. The quantitative estimate of drug-likeness (QED) is 0.0796. The Hall–Kier alpha value is -7.70. The molecule has 24 heteroatoms. The fourth-order valence-electron chi connectivity index (χ4n) is 8.76. The third-order valence-electron chi connectivity index (χ3n) is 12.3. The number of aromatic nitrogens is 3. The smallest absolute Gasteiger partial charge is 0.343 e. The number of aliphatic hydroxyl groups is 1. The van der Waals surface area contributed by atoms with Crippen LogP contribution in [0.4, 0.5) is 14.5 Å². The summed E-state index contributed by atoms with van der Waals surface area (Å²) in [6, 6.07) is 12.3. The van der Waals surface area contributed by atoms with Crippen molar-refractivity contribution in [2.24, 2.45) is 0 Å². The van der Waals surface area contributed by atoms with E-state index < -0.39 is 100 Å². The van der Waals surface area contributed by atoms with Gasteiger partial charge < -0.3 is 45.7 Å². The molecule has 0 saturated carbocycles. The number of rotatable bonds is 15. The summed E-state index contributed by atoms with van der Waals surface area (Å²) in [7, 11) is -3.64. The first-order valence-corrected chi connectivity index (χ1v) is 24.7. The van der Waals surface area contributed by atoms with Gasteiger partial charge in [0, 0.05) is 47.7 Å². The number of cyclic esters (lactones) is 1. The van der Waals surface area contributed by atoms with E-state index in [1.807, 2.05) is 0 Å². The van der Waals surface area contributed by atoms with E-state index in [1.54, 1.807) is 43.3 Å². The number of thiazole rings is 1. The highest BCUT2D eigenvalue weighted by Crippen LogP contribution is 2.46. The first-order valence-electron chi connectivity index (χ1n) is 22.0. The van der Waals surface area contributed by atoms with E-state index in [1.165, 1.54) is 10.6 Å². The Morgan fingerprint density at radius 1 is 0.873 bits per heavy atom. The van der Waals surface area contributed by atoms with Gasteiger partial charge in [0.15, 0.2) is 17.2 Å². The van der Waals surface area contributed by atoms with Gasteiger partial charge in [-0.1, -0.05) is 37.3 Å². The van der Waals surface area contributed by atoms with Crippen molar-refractivity contribution < 1.29 is 60.5 Å². The van der Waals surface area contributed by atoms with Crippen molar-refractivity contribution in [1.82, 2.24) is 35.8 Å². The maximum atomic E-state index is 16.0. The summed E-state index contributed by atoms with van der Waals surface area (Å²) < 4.78 is 67.2. The van der Waals surface area contributed by atoms with Gasteiger partial charge in [0.1, 0.15) is 24.2 Å². The molecule has 0 unspecified atom stereocenters. The monoisotopic (exact) mass is 1010 g/mol. The van der Waals surface area contributed by atoms with E-state index >= 15 is 4.39 Å². The van der Waals surface area contributed by atoms with Crippen molar-refractivity contribution in [3.05, 3.63) is 110 Å². The molecule has 0 spiro atoms. The van der Waals surface area contributed by atoms with E-state index in [9.17, 15) is 51.5 Å². The molecule has 5 amide bonds. The molecule has 368 valence electrons. The number of esters is 1. The highest BCUT2D eigenvalue weighted by molar-refractivity contribution is 7.92. The SMILES string of the molecule is CC[C@@]1(O)C(=O)OCc2c1cc1n(c2=O)Cc2c-1nc1cc(F)c(NC(=O)CNC(=O)[C@H](Cc3ccccc3)NC(=O)CNC(=O)CNC(=O)Cc3cc4sc(S(C)(=O)=O)nc4cc3F)c3c1c2CCO3. The number of carbonyl (C=O) groups is 6. The third-order valence-corrected chi connectivity index (χ3v) is 15.0. The van der Waals surface area contributed by atoms with Crippen molar-refractivity contribution in [2.45, 2.75) is 61.7 Å². The van der Waals surface area contributed by atoms with E-state index in [4.69, 9.17) is 14.5 Å². The molecule has 6 N–H and O–H groups in total. The molecular formula is C47H42F2N8O12S2. The van der Waals surface area contributed by atoms with Crippen LogP contribution in [-0.4, -0.2) is 102 Å². The minimum Gasteiger partial charge on any atom is -0.490 e. The van der Waals surface area contributed by atoms with Gasteiger partial charge in [-0.15, -0.1) is 11.3 Å². The average molecular weight is 1010 g/mol. The minimum atomic E-state index is -3.64. The van der Waals surface area contributed by atoms with E-state index in [0.29, 0.717) is 44.6 Å². The van der Waals surface area contributed by atoms with Crippen LogP contribution in [0.3, 0.4) is 0 Å². The molecule has 0 aliphatic carbocycles. The molecule has 2 atom stereocenters. The molecule has 0 saturated heterocycles. The second-order valence-corrected chi connectivity index (χ2v) is 20.3. The van der Waals surface area contributed by atoms with Gasteiger partial charge in [0.25, 0.3) is 5.56 Å². The summed E-state index contributed by atoms with van der Waals surface area (Å²) in [5.74, 6) is -6.58. The molecule has 3 aliphatic rings. The molecule has 3 aliphatic heterocycles. The highest BCUT2D eigenvalue weighted by Gasteiger charge is 2.46. The summed E-state index contributed by atoms with van der Waals surface area (Å²) in [6.45, 7) is -0.454. The Morgan fingerprint density at radius 3 is 2.34 bits per heavy atom. The number of hydrogen-bond acceptors (Lipinski definition) is 15. The third kappa shape index (κ3) is 9.39. The van der Waals surface area contributed by atoms with Crippen molar-refractivity contribution in [2.75, 3.05) is 37.8 Å². The highest BCUT2D eigenvalue weighted by atomic mass is 32.2. The van der Waals surface area contributed by atoms with Crippen LogP contribution in [0.15, 0.2) is 63.7 Å². The number of benzene rings is 3.